The Balaban J connectivity index is 3.51. The highest BCUT2D eigenvalue weighted by Crippen LogP contribution is 2.20. The number of aromatic nitrogens is 2. The number of imide groups is 1. The van der Waals surface area contributed by atoms with E-state index in [4.69, 9.17) is 9.47 Å². The molecular weight excluding hydrogens is 349 g/mol. The standard InChI is InChI=1S/C17H30BN3O4Si/c1-16(2,3)24-14(22)21(15(23)25-17(4,5)6)12-13(26(7,8)9)20-11(18)10-19-12/h10H,18H2,1-9H3. The van der Waals surface area contributed by atoms with E-state index in [0.29, 0.717) is 5.32 Å². The topological polar surface area (TPSA) is 81.6 Å². The molecule has 0 spiro atoms. The smallest absolute Gasteiger partial charge is 0.425 e. The van der Waals surface area contributed by atoms with Gasteiger partial charge in [-0.05, 0) is 41.5 Å². The van der Waals surface area contributed by atoms with E-state index in [9.17, 15) is 9.59 Å². The quantitative estimate of drug-likeness (QED) is 0.731. The normalized spacial score (nSPS) is 12.5. The largest absolute Gasteiger partial charge is 0.443 e. The molecule has 26 heavy (non-hydrogen) atoms. The Morgan fingerprint density at radius 3 is 1.77 bits per heavy atom. The van der Waals surface area contributed by atoms with Gasteiger partial charge in [0, 0.05) is 11.8 Å². The van der Waals surface area contributed by atoms with Crippen molar-refractivity contribution in [2.24, 2.45) is 0 Å². The molecule has 0 aromatic carbocycles. The summed E-state index contributed by atoms with van der Waals surface area (Å²) in [6, 6.07) is 0. The summed E-state index contributed by atoms with van der Waals surface area (Å²) >= 11 is 0. The third-order valence-corrected chi connectivity index (χ3v) is 4.70. The van der Waals surface area contributed by atoms with Crippen LogP contribution in [0.4, 0.5) is 15.4 Å². The molecule has 144 valence electrons. The zero-order valence-corrected chi connectivity index (χ0v) is 18.6. The van der Waals surface area contributed by atoms with Gasteiger partial charge in [0.2, 0.25) is 0 Å². The van der Waals surface area contributed by atoms with Crippen molar-refractivity contribution in [3.05, 3.63) is 6.20 Å². The second-order valence-electron chi connectivity index (χ2n) is 9.23. The van der Waals surface area contributed by atoms with Crippen LogP contribution in [0.2, 0.25) is 19.6 Å². The minimum Gasteiger partial charge on any atom is -0.443 e. The third-order valence-electron chi connectivity index (χ3n) is 2.95. The van der Waals surface area contributed by atoms with Crippen molar-refractivity contribution in [3.63, 3.8) is 0 Å². The number of carbonyl (C=O) groups is 2. The highest BCUT2D eigenvalue weighted by molar-refractivity contribution is 6.89. The number of ether oxygens (including phenoxy) is 2. The number of anilines is 1. The van der Waals surface area contributed by atoms with E-state index < -0.39 is 31.5 Å². The van der Waals surface area contributed by atoms with Crippen molar-refractivity contribution in [1.82, 2.24) is 9.97 Å². The summed E-state index contributed by atoms with van der Waals surface area (Å²) in [5.41, 5.74) is -0.816. The molecule has 2 amide bonds. The molecule has 9 heteroatoms. The summed E-state index contributed by atoms with van der Waals surface area (Å²) in [6.45, 7) is 16.6. The lowest BCUT2D eigenvalue weighted by atomic mass is 10.1. The predicted octanol–water partition coefficient (Wildman–Crippen LogP) is 1.96. The average molecular weight is 379 g/mol. The Morgan fingerprint density at radius 2 is 1.42 bits per heavy atom. The maximum atomic E-state index is 12.8. The summed E-state index contributed by atoms with van der Waals surface area (Å²) < 4.78 is 10.8. The van der Waals surface area contributed by atoms with Gasteiger partial charge in [-0.25, -0.2) is 14.6 Å². The van der Waals surface area contributed by atoms with Crippen LogP contribution in [0.5, 0.6) is 0 Å². The van der Waals surface area contributed by atoms with Gasteiger partial charge in [-0.1, -0.05) is 19.6 Å². The Morgan fingerprint density at radius 1 is 1.00 bits per heavy atom. The first-order chi connectivity index (χ1) is 11.5. The van der Waals surface area contributed by atoms with Crippen LogP contribution in [0.1, 0.15) is 41.5 Å². The molecule has 0 aliphatic heterocycles. The van der Waals surface area contributed by atoms with Crippen molar-refractivity contribution in [2.75, 3.05) is 4.90 Å². The van der Waals surface area contributed by atoms with Crippen LogP contribution in [0, 0.1) is 0 Å². The molecule has 7 nitrogen and oxygen atoms in total. The molecule has 0 aliphatic carbocycles. The fraction of sp³-hybridized carbons (Fsp3) is 0.647. The fourth-order valence-electron chi connectivity index (χ4n) is 2.00. The molecule has 1 aromatic rings. The highest BCUT2D eigenvalue weighted by Gasteiger charge is 2.37. The maximum Gasteiger partial charge on any atom is 0.425 e. The third kappa shape index (κ3) is 6.44. The number of carbonyl (C=O) groups excluding carboxylic acids is 2. The molecule has 0 saturated heterocycles. The lowest BCUT2D eigenvalue weighted by Gasteiger charge is -2.30. The number of nitrogens with zero attached hydrogens (tertiary/aromatic N) is 3. The van der Waals surface area contributed by atoms with E-state index in [1.54, 1.807) is 41.5 Å². The van der Waals surface area contributed by atoms with Gasteiger partial charge in [-0.3, -0.25) is 4.98 Å². The van der Waals surface area contributed by atoms with Gasteiger partial charge in [0.15, 0.2) is 13.7 Å². The molecule has 0 aliphatic rings. The molecule has 0 unspecified atom stereocenters. The monoisotopic (exact) mass is 379 g/mol. The first-order valence-electron chi connectivity index (χ1n) is 8.61. The van der Waals surface area contributed by atoms with Crippen molar-refractivity contribution in [2.45, 2.75) is 72.4 Å². The van der Waals surface area contributed by atoms with Gasteiger partial charge in [-0.15, -0.1) is 0 Å². The Hall–Kier alpha value is -1.90. The number of rotatable bonds is 2. The first kappa shape index (κ1) is 22.1. The molecule has 0 fully saturated rings. The van der Waals surface area contributed by atoms with Crippen LogP contribution in [0.15, 0.2) is 6.20 Å². The van der Waals surface area contributed by atoms with Crippen LogP contribution in [-0.4, -0.2) is 49.3 Å². The molecule has 1 rings (SSSR count). The molecule has 0 N–H and O–H groups in total. The lowest BCUT2D eigenvalue weighted by Crippen LogP contribution is -2.52. The van der Waals surface area contributed by atoms with Crippen LogP contribution in [0.25, 0.3) is 0 Å². The van der Waals surface area contributed by atoms with Crippen LogP contribution in [0.3, 0.4) is 0 Å². The molecule has 1 aromatic heterocycles. The molecular formula is C17H30BN3O4Si. The number of amides is 2. The minimum absolute atomic E-state index is 0.179. The molecule has 0 bridgehead atoms. The zero-order chi connectivity index (χ0) is 20.5. The van der Waals surface area contributed by atoms with E-state index in [1.807, 2.05) is 7.85 Å². The van der Waals surface area contributed by atoms with Crippen molar-refractivity contribution < 1.29 is 19.1 Å². The van der Waals surface area contributed by atoms with Gasteiger partial charge in [0.1, 0.15) is 19.3 Å². The minimum atomic E-state index is -2.01. The second-order valence-corrected chi connectivity index (χ2v) is 14.2. The SMILES string of the molecule is Bc1cnc(N(C(=O)OC(C)(C)C)C(=O)OC(C)(C)C)c([Si](C)(C)C)n1. The van der Waals surface area contributed by atoms with Crippen LogP contribution >= 0.6 is 0 Å². The molecule has 0 atom stereocenters. The Kier molecular flexibility index (Phi) is 6.29. The van der Waals surface area contributed by atoms with Crippen LogP contribution in [-0.2, 0) is 9.47 Å². The van der Waals surface area contributed by atoms with Crippen LogP contribution < -0.4 is 15.8 Å². The predicted molar refractivity (Wildman–Crippen MR) is 108 cm³/mol. The van der Waals surface area contributed by atoms with E-state index in [0.717, 1.165) is 10.5 Å². The number of hydrogen-bond donors (Lipinski definition) is 0. The Bertz CT molecular complexity index is 663. The van der Waals surface area contributed by atoms with Crippen molar-refractivity contribution in [1.29, 1.82) is 0 Å². The van der Waals surface area contributed by atoms with Gasteiger partial charge < -0.3 is 9.47 Å². The highest BCUT2D eigenvalue weighted by atomic mass is 28.3. The number of hydrogen-bond acceptors (Lipinski definition) is 6. The van der Waals surface area contributed by atoms with E-state index in [1.165, 1.54) is 6.20 Å². The summed E-state index contributed by atoms with van der Waals surface area (Å²) in [4.78, 5) is 35.4. The summed E-state index contributed by atoms with van der Waals surface area (Å²) in [7, 11) is -0.187. The fourth-order valence-corrected chi connectivity index (χ4v) is 3.36. The van der Waals surface area contributed by atoms with Gasteiger partial charge >= 0.3 is 12.2 Å². The summed E-state index contributed by atoms with van der Waals surface area (Å²) in [5.74, 6) is 0.179. The average Bonchev–Trinajstić information content (AvgIpc) is 2.35. The summed E-state index contributed by atoms with van der Waals surface area (Å²) in [6.07, 6.45) is -0.130. The van der Waals surface area contributed by atoms with E-state index in [-0.39, 0.29) is 5.82 Å². The maximum absolute atomic E-state index is 12.8. The van der Waals surface area contributed by atoms with Crippen molar-refractivity contribution in [3.8, 4) is 0 Å². The molecule has 1 heterocycles. The van der Waals surface area contributed by atoms with Crippen molar-refractivity contribution >= 4 is 44.8 Å². The Labute approximate surface area is 157 Å². The second kappa shape index (κ2) is 7.38. The summed E-state index contributed by atoms with van der Waals surface area (Å²) in [5, 5.41) is 0.647. The zero-order valence-electron chi connectivity index (χ0n) is 17.6. The van der Waals surface area contributed by atoms with Gasteiger partial charge in [0.05, 0.1) is 5.32 Å². The first-order valence-corrected chi connectivity index (χ1v) is 12.1. The van der Waals surface area contributed by atoms with E-state index in [2.05, 4.69) is 29.6 Å². The van der Waals surface area contributed by atoms with Gasteiger partial charge in [0.25, 0.3) is 0 Å². The lowest BCUT2D eigenvalue weighted by molar-refractivity contribution is 0.0429. The molecule has 0 saturated carbocycles. The van der Waals surface area contributed by atoms with Gasteiger partial charge in [-0.2, -0.15) is 4.90 Å². The molecule has 0 radical (unpaired) electrons. The van der Waals surface area contributed by atoms with E-state index >= 15 is 0 Å².